The van der Waals surface area contributed by atoms with Gasteiger partial charge in [0, 0.05) is 12.7 Å². The Morgan fingerprint density at radius 2 is 2.21 bits per heavy atom. The van der Waals surface area contributed by atoms with Crippen molar-refractivity contribution in [3.05, 3.63) is 35.4 Å². The normalized spacial score (nSPS) is 24.6. The first kappa shape index (κ1) is 9.68. The van der Waals surface area contributed by atoms with Crippen LogP contribution in [0.4, 0.5) is 0 Å². The molecule has 0 bridgehead atoms. The third-order valence-electron chi connectivity index (χ3n) is 2.32. The van der Waals surface area contributed by atoms with Crippen LogP contribution in [0, 0.1) is 0 Å². The molecule has 3 nitrogen and oxygen atoms in total. The van der Waals surface area contributed by atoms with Crippen molar-refractivity contribution in [3.8, 4) is 0 Å². The number of hydrogen-bond acceptors (Lipinski definition) is 3. The summed E-state index contributed by atoms with van der Waals surface area (Å²) in [5, 5.41) is 0.430. The molecular formula is C10H9BrO3. The van der Waals surface area contributed by atoms with Crippen LogP contribution in [0.15, 0.2) is 24.3 Å². The van der Waals surface area contributed by atoms with Crippen molar-refractivity contribution in [1.82, 2.24) is 0 Å². The number of fused-ring (bicyclic) bond motifs is 1. The quantitative estimate of drug-likeness (QED) is 0.600. The SMILES string of the molecule is COC1(CBr)OC(=O)c2ccccc21. The number of carbonyl (C=O) groups excluding carboxylic acids is 1. The molecule has 4 heteroatoms. The van der Waals surface area contributed by atoms with E-state index in [1.807, 2.05) is 12.1 Å². The molecular weight excluding hydrogens is 248 g/mol. The summed E-state index contributed by atoms with van der Waals surface area (Å²) in [6, 6.07) is 7.24. The van der Waals surface area contributed by atoms with E-state index in [1.165, 1.54) is 7.11 Å². The molecule has 1 aromatic rings. The van der Waals surface area contributed by atoms with E-state index in [2.05, 4.69) is 15.9 Å². The van der Waals surface area contributed by atoms with Crippen molar-refractivity contribution < 1.29 is 14.3 Å². The summed E-state index contributed by atoms with van der Waals surface area (Å²) in [7, 11) is 1.52. The Hall–Kier alpha value is -0.870. The number of rotatable bonds is 2. The van der Waals surface area contributed by atoms with E-state index in [-0.39, 0.29) is 5.97 Å². The molecule has 0 radical (unpaired) electrons. The van der Waals surface area contributed by atoms with Crippen LogP contribution >= 0.6 is 15.9 Å². The van der Waals surface area contributed by atoms with Crippen LogP contribution in [0.25, 0.3) is 0 Å². The number of alkyl halides is 1. The maximum Gasteiger partial charge on any atom is 0.341 e. The highest BCUT2D eigenvalue weighted by Crippen LogP contribution is 2.38. The molecule has 1 aliphatic rings. The maximum atomic E-state index is 11.5. The molecule has 14 heavy (non-hydrogen) atoms. The van der Waals surface area contributed by atoms with Gasteiger partial charge in [-0.2, -0.15) is 0 Å². The Labute approximate surface area is 90.1 Å². The van der Waals surface area contributed by atoms with Crippen LogP contribution < -0.4 is 0 Å². The smallest absolute Gasteiger partial charge is 0.341 e. The number of cyclic esters (lactones) is 1. The molecule has 0 saturated carbocycles. The summed E-state index contributed by atoms with van der Waals surface area (Å²) in [5.74, 6) is -1.28. The van der Waals surface area contributed by atoms with Crippen molar-refractivity contribution in [2.24, 2.45) is 0 Å². The standard InChI is InChI=1S/C10H9BrO3/c1-13-10(6-11)8-5-3-2-4-7(8)9(12)14-10/h2-5H,6H2,1H3. The molecule has 1 atom stereocenters. The lowest BCUT2D eigenvalue weighted by atomic mass is 10.0. The molecule has 1 unspecified atom stereocenters. The zero-order valence-corrected chi connectivity index (χ0v) is 9.21. The second-order valence-electron chi connectivity index (χ2n) is 3.03. The summed E-state index contributed by atoms with van der Waals surface area (Å²) >= 11 is 3.29. The summed E-state index contributed by atoms with van der Waals surface area (Å²) in [6.45, 7) is 0. The Balaban J connectivity index is 2.58. The zero-order chi connectivity index (χ0) is 10.2. The van der Waals surface area contributed by atoms with Crippen LogP contribution in [0.1, 0.15) is 15.9 Å². The average Bonchev–Trinajstić information content (AvgIpc) is 2.53. The number of ether oxygens (including phenoxy) is 2. The highest BCUT2D eigenvalue weighted by atomic mass is 79.9. The van der Waals surface area contributed by atoms with Crippen molar-refractivity contribution in [2.75, 3.05) is 12.4 Å². The van der Waals surface area contributed by atoms with Crippen molar-refractivity contribution >= 4 is 21.9 Å². The highest BCUT2D eigenvalue weighted by molar-refractivity contribution is 9.09. The van der Waals surface area contributed by atoms with E-state index in [9.17, 15) is 4.79 Å². The van der Waals surface area contributed by atoms with E-state index in [0.29, 0.717) is 10.9 Å². The van der Waals surface area contributed by atoms with Gasteiger partial charge in [0.25, 0.3) is 5.79 Å². The van der Waals surface area contributed by atoms with Crippen LogP contribution in [0.5, 0.6) is 0 Å². The lowest BCUT2D eigenvalue weighted by Gasteiger charge is -2.24. The van der Waals surface area contributed by atoms with Crippen molar-refractivity contribution in [2.45, 2.75) is 5.79 Å². The Morgan fingerprint density at radius 1 is 1.50 bits per heavy atom. The minimum atomic E-state index is -0.951. The van der Waals surface area contributed by atoms with Crippen LogP contribution in [-0.2, 0) is 15.3 Å². The molecule has 1 heterocycles. The highest BCUT2D eigenvalue weighted by Gasteiger charge is 2.44. The minimum Gasteiger partial charge on any atom is -0.424 e. The molecule has 0 amide bonds. The zero-order valence-electron chi connectivity index (χ0n) is 7.62. The number of methoxy groups -OCH3 is 1. The van der Waals surface area contributed by atoms with E-state index >= 15 is 0 Å². The van der Waals surface area contributed by atoms with E-state index in [0.717, 1.165) is 5.56 Å². The lowest BCUT2D eigenvalue weighted by molar-refractivity contribution is -0.167. The Kier molecular flexibility index (Phi) is 2.33. The predicted octanol–water partition coefficient (Wildman–Crippen LogP) is 2.05. The van der Waals surface area contributed by atoms with Gasteiger partial charge in [0.05, 0.1) is 10.9 Å². The average molecular weight is 257 g/mol. The van der Waals surface area contributed by atoms with E-state index < -0.39 is 5.79 Å². The van der Waals surface area contributed by atoms with Gasteiger partial charge >= 0.3 is 5.97 Å². The Morgan fingerprint density at radius 3 is 2.86 bits per heavy atom. The van der Waals surface area contributed by atoms with Gasteiger partial charge in [-0.15, -0.1) is 0 Å². The summed E-state index contributed by atoms with van der Waals surface area (Å²) < 4.78 is 10.5. The minimum absolute atomic E-state index is 0.332. The molecule has 0 saturated heterocycles. The van der Waals surface area contributed by atoms with Gasteiger partial charge in [0.1, 0.15) is 0 Å². The molecule has 74 valence electrons. The van der Waals surface area contributed by atoms with Gasteiger partial charge in [-0.3, -0.25) is 0 Å². The fourth-order valence-corrected chi connectivity index (χ4v) is 2.20. The van der Waals surface area contributed by atoms with Crippen LogP contribution in [0.3, 0.4) is 0 Å². The first-order chi connectivity index (χ1) is 6.73. The predicted molar refractivity (Wildman–Crippen MR) is 54.3 cm³/mol. The van der Waals surface area contributed by atoms with Gasteiger partial charge in [-0.1, -0.05) is 34.1 Å². The molecule has 0 spiro atoms. The summed E-state index contributed by atoms with van der Waals surface area (Å²) in [5.41, 5.74) is 1.36. The molecule has 1 aliphatic heterocycles. The molecule has 0 aliphatic carbocycles. The van der Waals surface area contributed by atoms with Crippen LogP contribution in [-0.4, -0.2) is 18.4 Å². The molecule has 0 fully saturated rings. The molecule has 0 N–H and O–H groups in total. The topological polar surface area (TPSA) is 35.5 Å². The fourth-order valence-electron chi connectivity index (χ4n) is 1.56. The maximum absolute atomic E-state index is 11.5. The first-order valence-electron chi connectivity index (χ1n) is 4.17. The number of halogens is 1. The van der Waals surface area contributed by atoms with Crippen molar-refractivity contribution in [1.29, 1.82) is 0 Å². The van der Waals surface area contributed by atoms with Gasteiger partial charge in [-0.25, -0.2) is 4.79 Å². The molecule has 1 aromatic carbocycles. The number of hydrogen-bond donors (Lipinski definition) is 0. The third kappa shape index (κ3) is 1.18. The number of esters is 1. The van der Waals surface area contributed by atoms with E-state index in [1.54, 1.807) is 12.1 Å². The number of carbonyl (C=O) groups is 1. The second-order valence-corrected chi connectivity index (χ2v) is 3.59. The largest absolute Gasteiger partial charge is 0.424 e. The summed E-state index contributed by atoms with van der Waals surface area (Å²) in [6.07, 6.45) is 0. The summed E-state index contributed by atoms with van der Waals surface area (Å²) in [4.78, 5) is 11.5. The number of benzene rings is 1. The fraction of sp³-hybridized carbons (Fsp3) is 0.300. The van der Waals surface area contributed by atoms with E-state index in [4.69, 9.17) is 9.47 Å². The second kappa shape index (κ2) is 3.37. The van der Waals surface area contributed by atoms with Gasteiger partial charge in [0.15, 0.2) is 0 Å². The van der Waals surface area contributed by atoms with Crippen molar-refractivity contribution in [3.63, 3.8) is 0 Å². The molecule has 0 aromatic heterocycles. The lowest BCUT2D eigenvalue weighted by Crippen LogP contribution is -2.30. The van der Waals surface area contributed by atoms with Gasteiger partial charge in [-0.05, 0) is 6.07 Å². The third-order valence-corrected chi connectivity index (χ3v) is 3.06. The van der Waals surface area contributed by atoms with Gasteiger partial charge in [0.2, 0.25) is 0 Å². The monoisotopic (exact) mass is 256 g/mol. The first-order valence-corrected chi connectivity index (χ1v) is 5.29. The Bertz CT molecular complexity index is 371. The molecule has 2 rings (SSSR count). The van der Waals surface area contributed by atoms with Crippen LogP contribution in [0.2, 0.25) is 0 Å². The van der Waals surface area contributed by atoms with Gasteiger partial charge < -0.3 is 9.47 Å².